The van der Waals surface area contributed by atoms with Gasteiger partial charge in [-0.15, -0.1) is 0 Å². The summed E-state index contributed by atoms with van der Waals surface area (Å²) >= 11 is 0. The molecule has 5 rings (SSSR count). The number of fused-ring (bicyclic) bond motifs is 2. The number of H-pyrrole nitrogens is 2. The van der Waals surface area contributed by atoms with Crippen molar-refractivity contribution in [2.45, 2.75) is 18.8 Å². The van der Waals surface area contributed by atoms with E-state index in [4.69, 9.17) is 9.72 Å². The number of aromatic nitrogens is 3. The Morgan fingerprint density at radius 1 is 1.14 bits per heavy atom. The Kier molecular flexibility index (Phi) is 4.04. The average molecular weight is 374 g/mol. The van der Waals surface area contributed by atoms with Crippen molar-refractivity contribution in [1.29, 1.82) is 0 Å². The van der Waals surface area contributed by atoms with E-state index in [0.717, 1.165) is 52.9 Å². The zero-order chi connectivity index (χ0) is 19.1. The topological polar surface area (TPSA) is 74.0 Å². The fraction of sp³-hybridized carbons (Fsp3) is 0.273. The summed E-state index contributed by atoms with van der Waals surface area (Å²) in [5.41, 5.74) is 3.58. The van der Waals surface area contributed by atoms with Crippen LogP contribution in [-0.4, -0.2) is 46.0 Å². The van der Waals surface area contributed by atoms with Crippen molar-refractivity contribution in [2.75, 3.05) is 20.2 Å². The smallest absolute Gasteiger partial charge is 0.270 e. The molecule has 6 heteroatoms. The van der Waals surface area contributed by atoms with Gasteiger partial charge in [-0.1, -0.05) is 12.1 Å². The van der Waals surface area contributed by atoms with Crippen LogP contribution in [0, 0.1) is 0 Å². The summed E-state index contributed by atoms with van der Waals surface area (Å²) < 4.78 is 5.28. The van der Waals surface area contributed by atoms with Crippen LogP contribution in [0.4, 0.5) is 0 Å². The molecule has 1 atom stereocenters. The number of hydrogen-bond donors (Lipinski definition) is 2. The molecule has 4 aromatic rings. The zero-order valence-corrected chi connectivity index (χ0v) is 15.7. The molecule has 3 heterocycles. The number of nitrogens with one attached hydrogen (secondary N) is 2. The summed E-state index contributed by atoms with van der Waals surface area (Å²) in [6.45, 7) is 1.45. The highest BCUT2D eigenvalue weighted by molar-refractivity contribution is 5.98. The van der Waals surface area contributed by atoms with Gasteiger partial charge in [0, 0.05) is 29.9 Å². The molecule has 0 bridgehead atoms. The molecule has 1 saturated heterocycles. The lowest BCUT2D eigenvalue weighted by Gasteiger charge is -2.31. The molecule has 142 valence electrons. The standard InChI is InChI=1S/C22H22N4O2/c1-28-16-8-9-17-15(11-16)12-20(23-17)22(27)26-10-4-5-14(13-26)21-24-18-6-2-3-7-19(18)25-21/h2-3,6-9,11-12,14,23H,4-5,10,13H2,1H3,(H,24,25). The number of amides is 1. The Hall–Kier alpha value is -3.28. The lowest BCUT2D eigenvalue weighted by atomic mass is 9.97. The van der Waals surface area contributed by atoms with Gasteiger partial charge in [0.25, 0.3) is 5.91 Å². The van der Waals surface area contributed by atoms with Crippen LogP contribution >= 0.6 is 0 Å². The van der Waals surface area contributed by atoms with Crippen LogP contribution < -0.4 is 4.74 Å². The van der Waals surface area contributed by atoms with Crippen molar-refractivity contribution in [3.05, 3.63) is 60.0 Å². The second-order valence-corrected chi connectivity index (χ2v) is 7.37. The number of imidazole rings is 1. The number of likely N-dealkylation sites (tertiary alicyclic amines) is 1. The van der Waals surface area contributed by atoms with Gasteiger partial charge in [0.1, 0.15) is 17.3 Å². The molecular formula is C22H22N4O2. The van der Waals surface area contributed by atoms with Gasteiger partial charge in [0.05, 0.1) is 18.1 Å². The van der Waals surface area contributed by atoms with Crippen molar-refractivity contribution < 1.29 is 9.53 Å². The van der Waals surface area contributed by atoms with Crippen LogP contribution in [-0.2, 0) is 0 Å². The molecule has 0 aliphatic carbocycles. The second kappa shape index (κ2) is 6.71. The predicted octanol–water partition coefficient (Wildman–Crippen LogP) is 4.07. The van der Waals surface area contributed by atoms with Crippen LogP contribution in [0.5, 0.6) is 5.75 Å². The van der Waals surface area contributed by atoms with Gasteiger partial charge in [-0.05, 0) is 49.2 Å². The molecule has 1 aliphatic rings. The van der Waals surface area contributed by atoms with Crippen LogP contribution in [0.1, 0.15) is 35.1 Å². The monoisotopic (exact) mass is 374 g/mol. The van der Waals surface area contributed by atoms with Crippen molar-refractivity contribution in [1.82, 2.24) is 19.9 Å². The quantitative estimate of drug-likeness (QED) is 0.568. The second-order valence-electron chi connectivity index (χ2n) is 7.37. The molecule has 1 fully saturated rings. The van der Waals surface area contributed by atoms with E-state index in [9.17, 15) is 4.79 Å². The lowest BCUT2D eigenvalue weighted by molar-refractivity contribution is 0.0700. The van der Waals surface area contributed by atoms with E-state index < -0.39 is 0 Å². The molecule has 28 heavy (non-hydrogen) atoms. The molecule has 6 nitrogen and oxygen atoms in total. The third-order valence-electron chi connectivity index (χ3n) is 5.56. The first-order valence-corrected chi connectivity index (χ1v) is 9.62. The zero-order valence-electron chi connectivity index (χ0n) is 15.7. The number of carbonyl (C=O) groups excluding carboxylic acids is 1. The molecule has 1 amide bonds. The maximum atomic E-state index is 13.1. The summed E-state index contributed by atoms with van der Waals surface area (Å²) in [7, 11) is 1.64. The van der Waals surface area contributed by atoms with E-state index >= 15 is 0 Å². The minimum atomic E-state index is 0.0379. The third-order valence-corrected chi connectivity index (χ3v) is 5.56. The molecule has 1 unspecified atom stereocenters. The van der Waals surface area contributed by atoms with E-state index in [2.05, 4.69) is 9.97 Å². The number of rotatable bonds is 3. The molecule has 0 saturated carbocycles. The van der Waals surface area contributed by atoms with E-state index in [-0.39, 0.29) is 11.8 Å². The van der Waals surface area contributed by atoms with Crippen LogP contribution in [0.3, 0.4) is 0 Å². The largest absolute Gasteiger partial charge is 0.497 e. The Morgan fingerprint density at radius 2 is 2.04 bits per heavy atom. The summed E-state index contributed by atoms with van der Waals surface area (Å²) in [5.74, 6) is 2.03. The Morgan fingerprint density at radius 3 is 2.89 bits per heavy atom. The van der Waals surface area contributed by atoms with E-state index in [1.54, 1.807) is 7.11 Å². The van der Waals surface area contributed by atoms with Gasteiger partial charge in [-0.2, -0.15) is 0 Å². The number of aromatic amines is 2. The van der Waals surface area contributed by atoms with Crippen molar-refractivity contribution in [3.8, 4) is 5.75 Å². The number of piperidine rings is 1. The highest BCUT2D eigenvalue weighted by Gasteiger charge is 2.28. The first-order chi connectivity index (χ1) is 13.7. The van der Waals surface area contributed by atoms with Gasteiger partial charge < -0.3 is 19.6 Å². The molecule has 2 aromatic heterocycles. The third kappa shape index (κ3) is 2.91. The van der Waals surface area contributed by atoms with Gasteiger partial charge in [0.2, 0.25) is 0 Å². The molecule has 2 aromatic carbocycles. The van der Waals surface area contributed by atoms with Crippen molar-refractivity contribution >= 4 is 27.8 Å². The van der Waals surface area contributed by atoms with Crippen molar-refractivity contribution in [2.24, 2.45) is 0 Å². The van der Waals surface area contributed by atoms with Gasteiger partial charge in [0.15, 0.2) is 0 Å². The molecule has 0 radical (unpaired) electrons. The first-order valence-electron chi connectivity index (χ1n) is 9.62. The predicted molar refractivity (Wildman–Crippen MR) is 109 cm³/mol. The fourth-order valence-corrected chi connectivity index (χ4v) is 4.07. The normalized spacial score (nSPS) is 17.3. The fourth-order valence-electron chi connectivity index (χ4n) is 4.07. The number of hydrogen-bond acceptors (Lipinski definition) is 3. The summed E-state index contributed by atoms with van der Waals surface area (Å²) in [5, 5.41) is 0.980. The number of ether oxygens (including phenoxy) is 1. The number of benzene rings is 2. The Balaban J connectivity index is 1.39. The Bertz CT molecular complexity index is 1130. The SMILES string of the molecule is COc1ccc2[nH]c(C(=O)N3CCCC(c4nc5ccccc5[nH]4)C3)cc2c1. The summed E-state index contributed by atoms with van der Waals surface area (Å²) in [6, 6.07) is 15.7. The molecule has 2 N–H and O–H groups in total. The number of para-hydroxylation sites is 2. The van der Waals surface area contributed by atoms with E-state index in [1.165, 1.54) is 0 Å². The minimum absolute atomic E-state index is 0.0379. The number of methoxy groups -OCH3 is 1. The number of nitrogens with zero attached hydrogens (tertiary/aromatic N) is 2. The highest BCUT2D eigenvalue weighted by atomic mass is 16.5. The lowest BCUT2D eigenvalue weighted by Crippen LogP contribution is -2.39. The molecular weight excluding hydrogens is 352 g/mol. The van der Waals surface area contributed by atoms with Gasteiger partial charge in [-0.25, -0.2) is 4.98 Å². The minimum Gasteiger partial charge on any atom is -0.497 e. The van der Waals surface area contributed by atoms with Crippen molar-refractivity contribution in [3.63, 3.8) is 0 Å². The number of carbonyl (C=O) groups is 1. The van der Waals surface area contributed by atoms with E-state index in [1.807, 2.05) is 53.4 Å². The maximum Gasteiger partial charge on any atom is 0.270 e. The first kappa shape index (κ1) is 16.9. The molecule has 1 aliphatic heterocycles. The summed E-state index contributed by atoms with van der Waals surface area (Å²) in [6.07, 6.45) is 2.01. The van der Waals surface area contributed by atoms with E-state index in [0.29, 0.717) is 12.2 Å². The summed E-state index contributed by atoms with van der Waals surface area (Å²) in [4.78, 5) is 26.5. The Labute approximate surface area is 162 Å². The van der Waals surface area contributed by atoms with Crippen LogP contribution in [0.15, 0.2) is 48.5 Å². The maximum absolute atomic E-state index is 13.1. The molecule has 0 spiro atoms. The van der Waals surface area contributed by atoms with Crippen LogP contribution in [0.25, 0.3) is 21.9 Å². The average Bonchev–Trinajstić information content (AvgIpc) is 3.36. The van der Waals surface area contributed by atoms with Gasteiger partial charge in [-0.3, -0.25) is 4.79 Å². The highest BCUT2D eigenvalue weighted by Crippen LogP contribution is 2.28. The van der Waals surface area contributed by atoms with Crippen LogP contribution in [0.2, 0.25) is 0 Å². The van der Waals surface area contributed by atoms with Gasteiger partial charge >= 0.3 is 0 Å².